The van der Waals surface area contributed by atoms with E-state index >= 15 is 0 Å². The summed E-state index contributed by atoms with van der Waals surface area (Å²) in [5, 5.41) is 7.10. The Hall–Kier alpha value is -1.99. The van der Waals surface area contributed by atoms with Crippen LogP contribution in [0.2, 0.25) is 0 Å². The van der Waals surface area contributed by atoms with E-state index in [-0.39, 0.29) is 5.92 Å². The highest BCUT2D eigenvalue weighted by atomic mass is 79.9. The summed E-state index contributed by atoms with van der Waals surface area (Å²) in [7, 11) is 0. The number of halogens is 1. The smallest absolute Gasteiger partial charge is 0.227 e. The van der Waals surface area contributed by atoms with E-state index in [0.717, 1.165) is 54.6 Å². The van der Waals surface area contributed by atoms with Gasteiger partial charge in [0.25, 0.3) is 0 Å². The molecule has 6 nitrogen and oxygen atoms in total. The van der Waals surface area contributed by atoms with E-state index in [1.54, 1.807) is 0 Å². The molecule has 1 aromatic heterocycles. The summed E-state index contributed by atoms with van der Waals surface area (Å²) in [6.07, 6.45) is 7.75. The number of benzene rings is 1. The summed E-state index contributed by atoms with van der Waals surface area (Å²) in [6.45, 7) is 12.0. The maximum Gasteiger partial charge on any atom is 0.227 e. The Balaban J connectivity index is 1.40. The first-order valence-corrected chi connectivity index (χ1v) is 14.0. The fourth-order valence-corrected chi connectivity index (χ4v) is 5.96. The molecule has 4 rings (SSSR count). The highest BCUT2D eigenvalue weighted by Crippen LogP contribution is 2.37. The number of nitrogens with one attached hydrogen (secondary N) is 2. The first kappa shape index (κ1) is 26.1. The van der Waals surface area contributed by atoms with Crippen molar-refractivity contribution in [2.45, 2.75) is 72.3 Å². The summed E-state index contributed by atoms with van der Waals surface area (Å²) in [5.74, 6) is 1.98. The predicted octanol–water partition coefficient (Wildman–Crippen LogP) is 6.37. The summed E-state index contributed by atoms with van der Waals surface area (Å²) in [4.78, 5) is 24.6. The summed E-state index contributed by atoms with van der Waals surface area (Å²) >= 11 is 3.64. The molecule has 2 fully saturated rings. The molecule has 1 saturated carbocycles. The van der Waals surface area contributed by atoms with Crippen molar-refractivity contribution < 1.29 is 4.79 Å². The number of hydrogen-bond donors (Lipinski definition) is 2. The van der Waals surface area contributed by atoms with E-state index in [0.29, 0.717) is 36.0 Å². The predicted molar refractivity (Wildman–Crippen MR) is 147 cm³/mol. The maximum atomic E-state index is 12.8. The lowest BCUT2D eigenvalue weighted by Gasteiger charge is -2.20. The minimum atomic E-state index is 0.169. The molecule has 0 bridgehead atoms. The van der Waals surface area contributed by atoms with Gasteiger partial charge in [-0.2, -0.15) is 0 Å². The maximum absolute atomic E-state index is 12.8. The first-order chi connectivity index (χ1) is 16.8. The molecular weight excluding hydrogens is 502 g/mol. The van der Waals surface area contributed by atoms with Gasteiger partial charge >= 0.3 is 0 Å². The van der Waals surface area contributed by atoms with Gasteiger partial charge in [-0.3, -0.25) is 4.79 Å². The number of anilines is 3. The number of rotatable bonds is 10. The Bertz CT molecular complexity index is 1030. The monoisotopic (exact) mass is 541 g/mol. The highest BCUT2D eigenvalue weighted by molar-refractivity contribution is 9.10. The van der Waals surface area contributed by atoms with E-state index in [4.69, 9.17) is 4.98 Å². The van der Waals surface area contributed by atoms with Gasteiger partial charge in [0, 0.05) is 49.0 Å². The van der Waals surface area contributed by atoms with Crippen molar-refractivity contribution in [3.05, 3.63) is 40.1 Å². The number of aromatic nitrogens is 2. The van der Waals surface area contributed by atoms with Crippen molar-refractivity contribution in [3.8, 4) is 0 Å². The second-order valence-corrected chi connectivity index (χ2v) is 11.6. The van der Waals surface area contributed by atoms with Gasteiger partial charge < -0.3 is 15.5 Å². The Morgan fingerprint density at radius 3 is 2.80 bits per heavy atom. The number of ketones is 1. The largest absolute Gasteiger partial charge is 0.381 e. The van der Waals surface area contributed by atoms with Gasteiger partial charge in [0.2, 0.25) is 5.95 Å². The quantitative estimate of drug-likeness (QED) is 0.364. The van der Waals surface area contributed by atoms with Gasteiger partial charge in [-0.25, -0.2) is 9.97 Å². The lowest BCUT2D eigenvalue weighted by molar-refractivity contribution is -0.124. The third kappa shape index (κ3) is 6.82. The molecule has 0 spiro atoms. The molecule has 190 valence electrons. The summed E-state index contributed by atoms with van der Waals surface area (Å²) in [5.41, 5.74) is 4.36. The van der Waals surface area contributed by atoms with Crippen LogP contribution in [0.15, 0.2) is 28.9 Å². The normalized spacial score (nSPS) is 22.6. The molecule has 1 aliphatic carbocycles. The number of likely N-dealkylation sites (tertiary alicyclic amines) is 1. The van der Waals surface area contributed by atoms with Crippen LogP contribution in [0.3, 0.4) is 0 Å². The fourth-order valence-electron chi connectivity index (χ4n) is 5.60. The van der Waals surface area contributed by atoms with Gasteiger partial charge in [-0.1, -0.05) is 27.2 Å². The van der Waals surface area contributed by atoms with Crippen LogP contribution in [0.4, 0.5) is 17.3 Å². The van der Waals surface area contributed by atoms with Crippen LogP contribution in [0.25, 0.3) is 0 Å². The summed E-state index contributed by atoms with van der Waals surface area (Å²) in [6, 6.07) is 6.90. The second kappa shape index (κ2) is 11.8. The third-order valence-electron chi connectivity index (χ3n) is 7.52. The molecule has 35 heavy (non-hydrogen) atoms. The zero-order valence-corrected chi connectivity index (χ0v) is 23.2. The number of likely N-dealkylation sites (N-methyl/N-ethyl adjacent to an activating group) is 1. The first-order valence-electron chi connectivity index (χ1n) is 13.2. The average molecular weight is 543 g/mol. The van der Waals surface area contributed by atoms with Gasteiger partial charge in [0.1, 0.15) is 5.78 Å². The van der Waals surface area contributed by atoms with Crippen molar-refractivity contribution in [1.29, 1.82) is 0 Å². The Morgan fingerprint density at radius 2 is 2.09 bits per heavy atom. The molecule has 3 atom stereocenters. The van der Waals surface area contributed by atoms with Crippen molar-refractivity contribution >= 4 is 39.0 Å². The van der Waals surface area contributed by atoms with Crippen molar-refractivity contribution in [2.75, 3.05) is 30.3 Å². The van der Waals surface area contributed by atoms with Gasteiger partial charge in [-0.15, -0.1) is 0 Å². The van der Waals surface area contributed by atoms with E-state index in [9.17, 15) is 4.79 Å². The number of carbonyl (C=O) groups excluding carboxylic acids is 1. The average Bonchev–Trinajstić information content (AvgIpc) is 3.47. The van der Waals surface area contributed by atoms with Crippen LogP contribution in [0, 0.1) is 24.7 Å². The number of hydrogen-bond acceptors (Lipinski definition) is 6. The standard InChI is InChI=1S/C28H40BrN5O/c1-5-34-12-11-22(17-34)31-25-10-9-21(14-19(25)4)32-28-30-16-24(29)26(33-28)15-20-7-6-8-23(20)27(35)13-18(2)3/h9-10,14,16,18,20,22-23,31H,5-8,11-13,15,17H2,1-4H3,(H,30,32,33)/t20-,22+,23-/m0/s1. The lowest BCUT2D eigenvalue weighted by atomic mass is 9.85. The minimum Gasteiger partial charge on any atom is -0.381 e. The number of nitrogens with zero attached hydrogens (tertiary/aromatic N) is 3. The molecule has 0 radical (unpaired) electrons. The van der Waals surface area contributed by atoms with Gasteiger partial charge in [0.05, 0.1) is 10.2 Å². The molecule has 2 heterocycles. The molecular formula is C28H40BrN5O. The topological polar surface area (TPSA) is 70.2 Å². The van der Waals surface area contributed by atoms with E-state index < -0.39 is 0 Å². The van der Waals surface area contributed by atoms with Gasteiger partial charge in [-0.05, 0) is 90.7 Å². The van der Waals surface area contributed by atoms with Gasteiger partial charge in [0.15, 0.2) is 0 Å². The Morgan fingerprint density at radius 1 is 1.26 bits per heavy atom. The number of aryl methyl sites for hydroxylation is 1. The molecule has 2 aromatic rings. The van der Waals surface area contributed by atoms with Crippen LogP contribution < -0.4 is 10.6 Å². The summed E-state index contributed by atoms with van der Waals surface area (Å²) < 4.78 is 0.915. The van der Waals surface area contributed by atoms with Crippen molar-refractivity contribution in [1.82, 2.24) is 14.9 Å². The molecule has 1 aromatic carbocycles. The van der Waals surface area contributed by atoms with Crippen LogP contribution in [-0.4, -0.2) is 46.3 Å². The van der Waals surface area contributed by atoms with E-state index in [1.165, 1.54) is 24.2 Å². The van der Waals surface area contributed by atoms with Crippen LogP contribution in [0.5, 0.6) is 0 Å². The second-order valence-electron chi connectivity index (χ2n) is 10.7. The molecule has 2 N–H and O–H groups in total. The fraction of sp³-hybridized carbons (Fsp3) is 0.607. The Labute approximate surface area is 218 Å². The minimum absolute atomic E-state index is 0.169. The highest BCUT2D eigenvalue weighted by Gasteiger charge is 2.33. The molecule has 1 saturated heterocycles. The molecule has 1 aliphatic heterocycles. The molecule has 0 unspecified atom stereocenters. The third-order valence-corrected chi connectivity index (χ3v) is 8.18. The van der Waals surface area contributed by atoms with Crippen LogP contribution >= 0.6 is 15.9 Å². The number of Topliss-reactive ketones (excluding diaryl/α,β-unsaturated/α-hetero) is 1. The van der Waals surface area contributed by atoms with Crippen molar-refractivity contribution in [3.63, 3.8) is 0 Å². The molecule has 7 heteroatoms. The molecule has 2 aliphatic rings. The zero-order chi connectivity index (χ0) is 24.9. The van der Waals surface area contributed by atoms with Crippen LogP contribution in [0.1, 0.15) is 64.1 Å². The van der Waals surface area contributed by atoms with Crippen molar-refractivity contribution in [2.24, 2.45) is 17.8 Å². The zero-order valence-electron chi connectivity index (χ0n) is 21.6. The SMILES string of the molecule is CCN1CC[C@@H](Nc2ccc(Nc3ncc(Br)c(C[C@@H]4CCC[C@@H]4C(=O)CC(C)C)n3)cc2C)C1. The lowest BCUT2D eigenvalue weighted by Crippen LogP contribution is -2.26. The van der Waals surface area contributed by atoms with E-state index in [1.807, 2.05) is 6.20 Å². The van der Waals surface area contributed by atoms with Crippen LogP contribution in [-0.2, 0) is 11.2 Å². The Kier molecular flexibility index (Phi) is 8.82. The number of carbonyl (C=O) groups is 1. The van der Waals surface area contributed by atoms with E-state index in [2.05, 4.69) is 82.3 Å². The molecule has 0 amide bonds.